The monoisotopic (exact) mass is 224 g/mol. The molecule has 3 nitrogen and oxygen atoms in total. The molecule has 0 aliphatic carbocycles. The van der Waals surface area contributed by atoms with Gasteiger partial charge in [0.15, 0.2) is 0 Å². The van der Waals surface area contributed by atoms with Gasteiger partial charge < -0.3 is 10.6 Å². The summed E-state index contributed by atoms with van der Waals surface area (Å²) in [4.78, 5) is 12.5. The highest BCUT2D eigenvalue weighted by Gasteiger charge is 2.01. The number of nitrogens with one attached hydrogen (secondary N) is 2. The number of aryl methyl sites for hydroxylation is 1. The minimum atomic E-state index is 0.00380. The summed E-state index contributed by atoms with van der Waals surface area (Å²) >= 11 is 1.71. The van der Waals surface area contributed by atoms with E-state index in [2.05, 4.69) is 35.6 Å². The van der Waals surface area contributed by atoms with Crippen molar-refractivity contribution in [1.29, 1.82) is 0 Å². The van der Waals surface area contributed by atoms with Crippen LogP contribution in [0.5, 0.6) is 0 Å². The lowest BCUT2D eigenvalue weighted by atomic mass is 10.3. The lowest BCUT2D eigenvalue weighted by Gasteiger charge is -2.04. The third-order valence-corrected chi connectivity index (χ3v) is 3.01. The summed E-state index contributed by atoms with van der Waals surface area (Å²) in [6.07, 6.45) is 1.67. The summed E-state index contributed by atoms with van der Waals surface area (Å²) in [7, 11) is 0. The number of amides is 1. The van der Waals surface area contributed by atoms with Crippen LogP contribution in [-0.2, 0) is 11.3 Å². The Kier molecular flexibility index (Phi) is 5.07. The van der Waals surface area contributed by atoms with Crippen molar-refractivity contribution in [3.05, 3.63) is 34.5 Å². The van der Waals surface area contributed by atoms with Gasteiger partial charge in [0.2, 0.25) is 5.91 Å². The largest absolute Gasteiger partial charge is 0.352 e. The van der Waals surface area contributed by atoms with Gasteiger partial charge in [-0.15, -0.1) is 17.9 Å². The van der Waals surface area contributed by atoms with E-state index in [1.807, 2.05) is 0 Å². The van der Waals surface area contributed by atoms with Gasteiger partial charge in [-0.25, -0.2) is 0 Å². The van der Waals surface area contributed by atoms with Gasteiger partial charge in [0, 0.05) is 18.0 Å². The summed E-state index contributed by atoms with van der Waals surface area (Å²) in [5, 5.41) is 7.87. The van der Waals surface area contributed by atoms with Gasteiger partial charge in [0.25, 0.3) is 0 Å². The van der Waals surface area contributed by atoms with E-state index in [1.165, 1.54) is 10.4 Å². The lowest BCUT2D eigenvalue weighted by Crippen LogP contribution is -2.33. The molecule has 0 radical (unpaired) electrons. The van der Waals surface area contributed by atoms with Crippen LogP contribution >= 0.6 is 11.3 Å². The molecule has 0 atom stereocenters. The quantitative estimate of drug-likeness (QED) is 0.718. The highest BCUT2D eigenvalue weighted by molar-refractivity contribution is 7.10. The maximum Gasteiger partial charge on any atom is 0.234 e. The Hall–Kier alpha value is -1.13. The highest BCUT2D eigenvalue weighted by Crippen LogP contribution is 2.14. The third-order valence-electron chi connectivity index (χ3n) is 1.98. The van der Waals surface area contributed by atoms with Crippen molar-refractivity contribution in [3.63, 3.8) is 0 Å². The SMILES string of the molecule is C=CCNC(=O)CNCc1sccc1C. The molecule has 0 saturated heterocycles. The molecule has 0 unspecified atom stereocenters. The number of thiophene rings is 1. The number of hydrogen-bond acceptors (Lipinski definition) is 3. The Balaban J connectivity index is 2.19. The molecule has 1 heterocycles. The molecule has 1 aromatic rings. The van der Waals surface area contributed by atoms with Gasteiger partial charge in [-0.3, -0.25) is 4.79 Å². The van der Waals surface area contributed by atoms with Crippen molar-refractivity contribution in [2.45, 2.75) is 13.5 Å². The van der Waals surface area contributed by atoms with Crippen molar-refractivity contribution in [2.75, 3.05) is 13.1 Å². The predicted molar refractivity (Wildman–Crippen MR) is 64.0 cm³/mol. The Morgan fingerprint density at radius 1 is 1.67 bits per heavy atom. The minimum Gasteiger partial charge on any atom is -0.352 e. The Morgan fingerprint density at radius 3 is 3.07 bits per heavy atom. The first-order valence-electron chi connectivity index (χ1n) is 4.85. The van der Waals surface area contributed by atoms with Crippen molar-refractivity contribution < 1.29 is 4.79 Å². The van der Waals surface area contributed by atoms with Crippen molar-refractivity contribution in [3.8, 4) is 0 Å². The molecule has 4 heteroatoms. The van der Waals surface area contributed by atoms with Crippen molar-refractivity contribution in [1.82, 2.24) is 10.6 Å². The van der Waals surface area contributed by atoms with Gasteiger partial charge in [-0.05, 0) is 23.9 Å². The minimum absolute atomic E-state index is 0.00380. The van der Waals surface area contributed by atoms with Crippen LogP contribution in [-0.4, -0.2) is 19.0 Å². The van der Waals surface area contributed by atoms with Crippen molar-refractivity contribution in [2.24, 2.45) is 0 Å². The first kappa shape index (κ1) is 11.9. The molecule has 1 aromatic heterocycles. The smallest absolute Gasteiger partial charge is 0.234 e. The number of hydrogen-bond donors (Lipinski definition) is 2. The molecule has 0 bridgehead atoms. The van der Waals surface area contributed by atoms with E-state index in [4.69, 9.17) is 0 Å². The van der Waals surface area contributed by atoms with Crippen LogP contribution in [0.1, 0.15) is 10.4 Å². The first-order chi connectivity index (χ1) is 7.24. The second kappa shape index (κ2) is 6.37. The summed E-state index contributed by atoms with van der Waals surface area (Å²) < 4.78 is 0. The average molecular weight is 224 g/mol. The lowest BCUT2D eigenvalue weighted by molar-refractivity contribution is -0.120. The summed E-state index contributed by atoms with van der Waals surface area (Å²) in [5.74, 6) is 0.00380. The second-order valence-corrected chi connectivity index (χ2v) is 4.22. The number of carbonyl (C=O) groups is 1. The van der Waals surface area contributed by atoms with Crippen LogP contribution < -0.4 is 10.6 Å². The average Bonchev–Trinajstić information content (AvgIpc) is 2.61. The maximum atomic E-state index is 11.2. The molecule has 1 amide bonds. The third kappa shape index (κ3) is 4.27. The van der Waals surface area contributed by atoms with E-state index in [0.29, 0.717) is 13.1 Å². The molecule has 0 spiro atoms. The molecule has 0 saturated carbocycles. The standard InChI is InChI=1S/C11H16N2OS/c1-3-5-13-11(14)8-12-7-10-9(2)4-6-15-10/h3-4,6,12H,1,5,7-8H2,2H3,(H,13,14). The zero-order valence-electron chi connectivity index (χ0n) is 8.88. The molecule has 0 fully saturated rings. The maximum absolute atomic E-state index is 11.2. The van der Waals surface area contributed by atoms with Gasteiger partial charge >= 0.3 is 0 Å². The van der Waals surface area contributed by atoms with Crippen LogP contribution in [0.25, 0.3) is 0 Å². The number of rotatable bonds is 6. The van der Waals surface area contributed by atoms with E-state index in [9.17, 15) is 4.79 Å². The Morgan fingerprint density at radius 2 is 2.47 bits per heavy atom. The molecular formula is C11H16N2OS. The molecule has 1 rings (SSSR count). The van der Waals surface area contributed by atoms with Crippen LogP contribution in [0.15, 0.2) is 24.1 Å². The van der Waals surface area contributed by atoms with E-state index < -0.39 is 0 Å². The molecule has 15 heavy (non-hydrogen) atoms. The van der Waals surface area contributed by atoms with E-state index in [-0.39, 0.29) is 5.91 Å². The van der Waals surface area contributed by atoms with Gasteiger partial charge in [-0.1, -0.05) is 6.08 Å². The Labute approximate surface area is 94.2 Å². The molecule has 0 aromatic carbocycles. The van der Waals surface area contributed by atoms with Crippen LogP contribution in [0.3, 0.4) is 0 Å². The van der Waals surface area contributed by atoms with E-state index >= 15 is 0 Å². The van der Waals surface area contributed by atoms with Crippen LogP contribution in [0.4, 0.5) is 0 Å². The predicted octanol–water partition coefficient (Wildman–Crippen LogP) is 1.45. The van der Waals surface area contributed by atoms with Gasteiger partial charge in [0.1, 0.15) is 0 Å². The summed E-state index contributed by atoms with van der Waals surface area (Å²) in [6.45, 7) is 7.24. The normalized spacial score (nSPS) is 9.93. The van der Waals surface area contributed by atoms with Crippen LogP contribution in [0.2, 0.25) is 0 Å². The van der Waals surface area contributed by atoms with E-state index in [1.54, 1.807) is 17.4 Å². The van der Waals surface area contributed by atoms with Gasteiger partial charge in [-0.2, -0.15) is 0 Å². The zero-order chi connectivity index (χ0) is 11.1. The molecular weight excluding hydrogens is 208 g/mol. The Bertz CT molecular complexity index is 333. The molecule has 82 valence electrons. The van der Waals surface area contributed by atoms with E-state index in [0.717, 1.165) is 6.54 Å². The first-order valence-corrected chi connectivity index (χ1v) is 5.73. The molecule has 0 aliphatic heterocycles. The van der Waals surface area contributed by atoms with Crippen molar-refractivity contribution >= 4 is 17.2 Å². The summed E-state index contributed by atoms with van der Waals surface area (Å²) in [6, 6.07) is 2.08. The molecule has 2 N–H and O–H groups in total. The zero-order valence-corrected chi connectivity index (χ0v) is 9.69. The van der Waals surface area contributed by atoms with Crippen LogP contribution in [0, 0.1) is 6.92 Å². The molecule has 0 aliphatic rings. The second-order valence-electron chi connectivity index (χ2n) is 3.22. The highest BCUT2D eigenvalue weighted by atomic mass is 32.1. The fourth-order valence-corrected chi connectivity index (χ4v) is 2.00. The fourth-order valence-electron chi connectivity index (χ4n) is 1.12. The number of carbonyl (C=O) groups excluding carboxylic acids is 1. The summed E-state index contributed by atoms with van der Waals surface area (Å²) in [5.41, 5.74) is 1.28. The van der Waals surface area contributed by atoms with Gasteiger partial charge in [0.05, 0.1) is 6.54 Å². The topological polar surface area (TPSA) is 41.1 Å². The fraction of sp³-hybridized carbons (Fsp3) is 0.364.